The van der Waals surface area contributed by atoms with Gasteiger partial charge < -0.3 is 0 Å². The first-order valence-corrected chi connectivity index (χ1v) is 10.1. The van der Waals surface area contributed by atoms with Gasteiger partial charge in [-0.25, -0.2) is 0 Å². The summed E-state index contributed by atoms with van der Waals surface area (Å²) in [7, 11) is 0. The zero-order valence-corrected chi connectivity index (χ0v) is 15.7. The summed E-state index contributed by atoms with van der Waals surface area (Å²) in [6, 6.07) is 15.6. The average Bonchev–Trinajstić information content (AvgIpc) is 3.38. The lowest BCUT2D eigenvalue weighted by Crippen LogP contribution is -2.31. The van der Waals surface area contributed by atoms with Crippen LogP contribution in [0.2, 0.25) is 5.02 Å². The summed E-state index contributed by atoms with van der Waals surface area (Å²) in [6.07, 6.45) is 5.07. The average molecular weight is 352 g/mol. The smallest absolute Gasteiger partial charge is 0.0475 e. The Morgan fingerprint density at radius 3 is 2.60 bits per heavy atom. The molecule has 3 aliphatic rings. The van der Waals surface area contributed by atoms with Crippen LogP contribution in [-0.4, -0.2) is 18.0 Å². The molecule has 0 N–H and O–H groups in total. The van der Waals surface area contributed by atoms with Crippen LogP contribution in [0.1, 0.15) is 60.3 Å². The molecular formula is C23H26ClN. The lowest BCUT2D eigenvalue weighted by atomic mass is 9.67. The van der Waals surface area contributed by atoms with Gasteiger partial charge in [-0.1, -0.05) is 61.0 Å². The number of fused-ring (bicyclic) bond motifs is 3. The quantitative estimate of drug-likeness (QED) is 0.678. The largest absolute Gasteiger partial charge is 0.298 e. The molecule has 130 valence electrons. The predicted octanol–water partition coefficient (Wildman–Crippen LogP) is 5.77. The van der Waals surface area contributed by atoms with Crippen molar-refractivity contribution in [2.75, 3.05) is 13.1 Å². The highest BCUT2D eigenvalue weighted by Gasteiger charge is 2.47. The van der Waals surface area contributed by atoms with Gasteiger partial charge in [0.15, 0.2) is 0 Å². The summed E-state index contributed by atoms with van der Waals surface area (Å²) in [6.45, 7) is 5.93. The molecule has 2 aromatic rings. The maximum atomic E-state index is 6.85. The molecule has 0 radical (unpaired) electrons. The maximum Gasteiger partial charge on any atom is 0.0475 e. The number of hydrogen-bond donors (Lipinski definition) is 0. The molecule has 1 heterocycles. The highest BCUT2D eigenvalue weighted by atomic mass is 35.5. The van der Waals surface area contributed by atoms with Crippen molar-refractivity contribution in [3.8, 4) is 0 Å². The molecule has 1 nitrogen and oxygen atoms in total. The van der Waals surface area contributed by atoms with Crippen LogP contribution >= 0.6 is 11.6 Å². The van der Waals surface area contributed by atoms with Crippen LogP contribution in [0.5, 0.6) is 0 Å². The van der Waals surface area contributed by atoms with Crippen LogP contribution in [0.3, 0.4) is 0 Å². The molecule has 1 saturated heterocycles. The van der Waals surface area contributed by atoms with E-state index in [0.29, 0.717) is 11.3 Å². The van der Waals surface area contributed by atoms with Crippen LogP contribution < -0.4 is 0 Å². The van der Waals surface area contributed by atoms with E-state index in [9.17, 15) is 0 Å². The molecule has 0 amide bonds. The minimum absolute atomic E-state index is 0.395. The minimum Gasteiger partial charge on any atom is -0.298 e. The van der Waals surface area contributed by atoms with Gasteiger partial charge >= 0.3 is 0 Å². The third-order valence-corrected chi connectivity index (χ3v) is 7.21. The topological polar surface area (TPSA) is 3.24 Å². The first-order valence-electron chi connectivity index (χ1n) is 9.71. The Bertz CT molecular complexity index is 795. The van der Waals surface area contributed by atoms with Crippen molar-refractivity contribution in [1.82, 2.24) is 4.90 Å². The van der Waals surface area contributed by atoms with Gasteiger partial charge in [0.05, 0.1) is 0 Å². The summed E-state index contributed by atoms with van der Waals surface area (Å²) in [5, 5.41) is 1.10. The molecule has 5 rings (SSSR count). The molecule has 25 heavy (non-hydrogen) atoms. The van der Waals surface area contributed by atoms with Crippen molar-refractivity contribution in [3.63, 3.8) is 0 Å². The molecule has 2 atom stereocenters. The van der Waals surface area contributed by atoms with Gasteiger partial charge in [-0.2, -0.15) is 0 Å². The Balaban J connectivity index is 1.44. The summed E-state index contributed by atoms with van der Waals surface area (Å²) >= 11 is 6.85. The molecule has 1 saturated carbocycles. The summed E-state index contributed by atoms with van der Waals surface area (Å²) in [5.74, 6) is 1.37. The third-order valence-electron chi connectivity index (χ3n) is 6.76. The van der Waals surface area contributed by atoms with Crippen molar-refractivity contribution >= 4 is 11.6 Å². The van der Waals surface area contributed by atoms with Gasteiger partial charge in [0.25, 0.3) is 0 Å². The minimum atomic E-state index is 0.395. The van der Waals surface area contributed by atoms with Gasteiger partial charge in [0.1, 0.15) is 0 Å². The van der Waals surface area contributed by atoms with Gasteiger partial charge in [-0.05, 0) is 59.3 Å². The lowest BCUT2D eigenvalue weighted by Gasteiger charge is -2.37. The number of nitrogens with zero attached hydrogens (tertiary/aromatic N) is 1. The predicted molar refractivity (Wildman–Crippen MR) is 104 cm³/mol. The lowest BCUT2D eigenvalue weighted by molar-refractivity contribution is 0.240. The SMILES string of the molecule is C[C@@]12CCc3c(ccc(C4CC4)c3Cl)[C@H]1CN(Cc1ccccc1)C2. The molecule has 2 aliphatic carbocycles. The van der Waals surface area contributed by atoms with Crippen molar-refractivity contribution < 1.29 is 0 Å². The Kier molecular flexibility index (Phi) is 3.73. The Morgan fingerprint density at radius 1 is 1.08 bits per heavy atom. The number of rotatable bonds is 3. The molecule has 0 spiro atoms. The van der Waals surface area contributed by atoms with E-state index in [2.05, 4.69) is 54.3 Å². The van der Waals surface area contributed by atoms with E-state index in [1.165, 1.54) is 42.5 Å². The monoisotopic (exact) mass is 351 g/mol. The molecular weight excluding hydrogens is 326 g/mol. The van der Waals surface area contributed by atoms with E-state index in [1.807, 2.05) is 0 Å². The summed E-state index contributed by atoms with van der Waals surface area (Å²) < 4.78 is 0. The summed E-state index contributed by atoms with van der Waals surface area (Å²) in [4.78, 5) is 2.65. The molecule has 1 aliphatic heterocycles. The highest BCUT2D eigenvalue weighted by Crippen LogP contribution is 2.53. The second kappa shape index (κ2) is 5.86. The number of halogens is 1. The Hall–Kier alpha value is -1.31. The van der Waals surface area contributed by atoms with Crippen molar-refractivity contribution in [2.45, 2.75) is 51.0 Å². The van der Waals surface area contributed by atoms with Crippen LogP contribution in [0, 0.1) is 5.41 Å². The highest BCUT2D eigenvalue weighted by molar-refractivity contribution is 6.32. The van der Waals surface area contributed by atoms with Gasteiger partial charge in [0.2, 0.25) is 0 Å². The molecule has 2 aromatic carbocycles. The van der Waals surface area contributed by atoms with Crippen molar-refractivity contribution in [1.29, 1.82) is 0 Å². The van der Waals surface area contributed by atoms with Gasteiger partial charge in [-0.15, -0.1) is 0 Å². The fourth-order valence-electron chi connectivity index (χ4n) is 5.21. The van der Waals surface area contributed by atoms with Crippen LogP contribution in [0.4, 0.5) is 0 Å². The van der Waals surface area contributed by atoms with Crippen LogP contribution in [-0.2, 0) is 13.0 Å². The zero-order valence-electron chi connectivity index (χ0n) is 15.0. The standard InChI is InChI=1S/C23H26ClN/c1-23-12-11-20-19(10-9-18(22(20)24)17-7-8-17)21(23)14-25(15-23)13-16-5-3-2-4-6-16/h2-6,9-10,17,21H,7-8,11-15H2,1H3/t21-,23+/m1/s1. The van der Waals surface area contributed by atoms with E-state index >= 15 is 0 Å². The van der Waals surface area contributed by atoms with E-state index in [4.69, 9.17) is 11.6 Å². The number of hydrogen-bond acceptors (Lipinski definition) is 1. The fourth-order valence-corrected chi connectivity index (χ4v) is 5.63. The Morgan fingerprint density at radius 2 is 1.84 bits per heavy atom. The summed E-state index contributed by atoms with van der Waals surface area (Å²) in [5.41, 5.74) is 6.25. The first kappa shape index (κ1) is 15.9. The Labute approximate surface area is 156 Å². The molecule has 0 aromatic heterocycles. The molecule has 0 bridgehead atoms. The third kappa shape index (κ3) is 2.73. The number of likely N-dealkylation sites (tertiary alicyclic amines) is 1. The van der Waals surface area contributed by atoms with Crippen molar-refractivity contribution in [2.24, 2.45) is 5.41 Å². The van der Waals surface area contributed by atoms with E-state index in [0.717, 1.165) is 30.5 Å². The molecule has 2 heteroatoms. The van der Waals surface area contributed by atoms with E-state index in [-0.39, 0.29) is 0 Å². The zero-order chi connectivity index (χ0) is 17.0. The molecule has 2 fully saturated rings. The van der Waals surface area contributed by atoms with Crippen LogP contribution in [0.15, 0.2) is 42.5 Å². The first-order chi connectivity index (χ1) is 12.1. The fraction of sp³-hybridized carbons (Fsp3) is 0.478. The van der Waals surface area contributed by atoms with Crippen molar-refractivity contribution in [3.05, 3.63) is 69.7 Å². The van der Waals surface area contributed by atoms with E-state index < -0.39 is 0 Å². The van der Waals surface area contributed by atoms with Gasteiger partial charge in [0, 0.05) is 30.6 Å². The van der Waals surface area contributed by atoms with E-state index in [1.54, 1.807) is 5.56 Å². The van der Waals surface area contributed by atoms with Gasteiger partial charge in [-0.3, -0.25) is 4.90 Å². The second-order valence-corrected chi connectivity index (χ2v) is 9.05. The normalized spacial score (nSPS) is 28.6. The number of benzene rings is 2. The maximum absolute atomic E-state index is 6.85. The van der Waals surface area contributed by atoms with Crippen LogP contribution in [0.25, 0.3) is 0 Å². The molecule has 0 unspecified atom stereocenters. The second-order valence-electron chi connectivity index (χ2n) is 8.67.